The monoisotopic (exact) mass is 538 g/mol. The van der Waals surface area contributed by atoms with Gasteiger partial charge < -0.3 is 24.1 Å². The minimum absolute atomic E-state index is 0.169. The second-order valence-electron chi connectivity index (χ2n) is 7.92. The molecule has 0 aliphatic rings. The topological polar surface area (TPSA) is 87.5 Å². The first kappa shape index (κ1) is 26.4. The first-order valence-corrected chi connectivity index (χ1v) is 12.8. The third-order valence-corrected chi connectivity index (χ3v) is 7.03. The maximum Gasteiger partial charge on any atom is 0.255 e. The first-order valence-electron chi connectivity index (χ1n) is 11.4. The van der Waals surface area contributed by atoms with Crippen LogP contribution in [0.4, 0.5) is 0 Å². The van der Waals surface area contributed by atoms with Crippen LogP contribution in [-0.2, 0) is 18.8 Å². The average molecular weight is 539 g/mol. The van der Waals surface area contributed by atoms with Crippen molar-refractivity contribution in [2.75, 3.05) is 21.3 Å². The van der Waals surface area contributed by atoms with Crippen molar-refractivity contribution >= 4 is 29.3 Å². The molecule has 0 radical (unpaired) electrons. The molecule has 1 heterocycles. The Morgan fingerprint density at radius 1 is 0.919 bits per heavy atom. The van der Waals surface area contributed by atoms with Crippen LogP contribution in [-0.4, -0.2) is 42.0 Å². The zero-order valence-corrected chi connectivity index (χ0v) is 22.3. The summed E-state index contributed by atoms with van der Waals surface area (Å²) in [6.07, 6.45) is 0. The van der Waals surface area contributed by atoms with Crippen molar-refractivity contribution in [2.24, 2.45) is 0 Å². The number of hydrogen-bond acceptors (Lipinski definition) is 7. The van der Waals surface area contributed by atoms with Crippen molar-refractivity contribution in [3.8, 4) is 17.2 Å². The normalized spacial score (nSPS) is 10.7. The van der Waals surface area contributed by atoms with E-state index in [-0.39, 0.29) is 12.5 Å². The fourth-order valence-electron chi connectivity index (χ4n) is 3.77. The fraction of sp³-hybridized carbons (Fsp3) is 0.222. The quantitative estimate of drug-likeness (QED) is 0.262. The summed E-state index contributed by atoms with van der Waals surface area (Å²) < 4.78 is 18.2. The summed E-state index contributed by atoms with van der Waals surface area (Å²) in [7, 11) is 4.50. The number of amides is 1. The summed E-state index contributed by atoms with van der Waals surface area (Å²) >= 11 is 7.88. The molecule has 0 saturated heterocycles. The molecule has 0 spiro atoms. The summed E-state index contributed by atoms with van der Waals surface area (Å²) in [6.45, 7) is 0.729. The highest BCUT2D eigenvalue weighted by atomic mass is 35.5. The van der Waals surface area contributed by atoms with Crippen LogP contribution in [0.2, 0.25) is 5.02 Å². The van der Waals surface area contributed by atoms with Gasteiger partial charge in [0.25, 0.3) is 5.91 Å². The predicted octanol–water partition coefficient (Wildman–Crippen LogP) is 5.23. The van der Waals surface area contributed by atoms with Crippen LogP contribution in [0.15, 0.2) is 71.9 Å². The number of hydrogen-bond donors (Lipinski definition) is 1. The molecule has 0 aliphatic heterocycles. The molecular weight excluding hydrogens is 512 g/mol. The number of nitrogens with one attached hydrogen (secondary N) is 1. The molecule has 0 fully saturated rings. The predicted molar refractivity (Wildman–Crippen MR) is 144 cm³/mol. The summed E-state index contributed by atoms with van der Waals surface area (Å²) in [5, 5.41) is 13.2. The lowest BCUT2D eigenvalue weighted by atomic mass is 10.1. The van der Waals surface area contributed by atoms with Crippen LogP contribution >= 0.6 is 23.4 Å². The van der Waals surface area contributed by atoms with Gasteiger partial charge in [-0.05, 0) is 29.3 Å². The van der Waals surface area contributed by atoms with Gasteiger partial charge in [0.05, 0.1) is 40.0 Å². The lowest BCUT2D eigenvalue weighted by Crippen LogP contribution is -2.25. The minimum Gasteiger partial charge on any atom is -0.493 e. The van der Waals surface area contributed by atoms with E-state index >= 15 is 0 Å². The van der Waals surface area contributed by atoms with Gasteiger partial charge in [0, 0.05) is 10.8 Å². The van der Waals surface area contributed by atoms with E-state index in [1.54, 1.807) is 23.9 Å². The number of ether oxygens (including phenoxy) is 3. The molecule has 1 N–H and O–H groups in total. The van der Waals surface area contributed by atoms with Crippen molar-refractivity contribution in [3.05, 3.63) is 94.3 Å². The molecule has 1 aromatic heterocycles. The Hall–Kier alpha value is -3.69. The van der Waals surface area contributed by atoms with Crippen LogP contribution in [0.25, 0.3) is 0 Å². The smallest absolute Gasteiger partial charge is 0.255 e. The van der Waals surface area contributed by atoms with E-state index in [0.717, 1.165) is 16.3 Å². The van der Waals surface area contributed by atoms with E-state index in [2.05, 4.69) is 15.5 Å². The molecule has 0 saturated carbocycles. The number of nitrogens with zero attached hydrogens (tertiary/aromatic N) is 3. The highest BCUT2D eigenvalue weighted by Gasteiger charge is 2.22. The molecule has 0 atom stereocenters. The number of carbonyl (C=O) groups is 1. The molecule has 0 unspecified atom stereocenters. The van der Waals surface area contributed by atoms with Gasteiger partial charge in [-0.25, -0.2) is 0 Å². The van der Waals surface area contributed by atoms with Gasteiger partial charge in [-0.1, -0.05) is 71.9 Å². The van der Waals surface area contributed by atoms with Crippen molar-refractivity contribution in [1.29, 1.82) is 0 Å². The van der Waals surface area contributed by atoms with Crippen molar-refractivity contribution in [2.45, 2.75) is 24.0 Å². The second-order valence-corrected chi connectivity index (χ2v) is 9.26. The van der Waals surface area contributed by atoms with Gasteiger partial charge in [0.15, 0.2) is 22.5 Å². The van der Waals surface area contributed by atoms with Crippen LogP contribution in [0, 0.1) is 0 Å². The number of rotatable bonds is 11. The van der Waals surface area contributed by atoms with Crippen LogP contribution < -0.4 is 19.5 Å². The molecule has 37 heavy (non-hydrogen) atoms. The van der Waals surface area contributed by atoms with E-state index in [1.807, 2.05) is 59.2 Å². The molecule has 1 amide bonds. The van der Waals surface area contributed by atoms with Crippen molar-refractivity contribution in [1.82, 2.24) is 20.1 Å². The van der Waals surface area contributed by atoms with Gasteiger partial charge in [-0.2, -0.15) is 0 Å². The SMILES string of the molecule is COc1ccc(C(=O)NCc2nnc(SCc3ccccc3Cl)n2Cc2ccccc2)c(OC)c1OC. The van der Waals surface area contributed by atoms with Crippen LogP contribution in [0.5, 0.6) is 17.2 Å². The number of thioether (sulfide) groups is 1. The Bertz CT molecular complexity index is 1360. The molecular formula is C27H27ClN4O4S. The number of halogens is 1. The molecule has 192 valence electrons. The summed E-state index contributed by atoms with van der Waals surface area (Å²) in [4.78, 5) is 13.1. The Morgan fingerprint density at radius 3 is 2.35 bits per heavy atom. The van der Waals surface area contributed by atoms with E-state index in [0.29, 0.717) is 46.0 Å². The van der Waals surface area contributed by atoms with E-state index in [4.69, 9.17) is 25.8 Å². The highest BCUT2D eigenvalue weighted by Crippen LogP contribution is 2.39. The minimum atomic E-state index is -0.336. The average Bonchev–Trinajstić information content (AvgIpc) is 3.31. The number of carbonyl (C=O) groups excluding carboxylic acids is 1. The van der Waals surface area contributed by atoms with Crippen molar-refractivity contribution < 1.29 is 19.0 Å². The summed E-state index contributed by atoms with van der Waals surface area (Å²) in [5.41, 5.74) is 2.43. The van der Waals surface area contributed by atoms with Crippen molar-refractivity contribution in [3.63, 3.8) is 0 Å². The largest absolute Gasteiger partial charge is 0.493 e. The zero-order valence-electron chi connectivity index (χ0n) is 20.7. The third-order valence-electron chi connectivity index (χ3n) is 5.65. The lowest BCUT2D eigenvalue weighted by Gasteiger charge is -2.16. The molecule has 0 aliphatic carbocycles. The number of methoxy groups -OCH3 is 3. The molecule has 4 rings (SSSR count). The number of benzene rings is 3. The van der Waals surface area contributed by atoms with Gasteiger partial charge in [0.2, 0.25) is 5.75 Å². The fourth-order valence-corrected chi connectivity index (χ4v) is 5.02. The second kappa shape index (κ2) is 12.5. The van der Waals surface area contributed by atoms with E-state index in [9.17, 15) is 4.79 Å². The standard InChI is InChI=1S/C27H27ClN4O4S/c1-34-22-14-13-20(24(35-2)25(22)36-3)26(33)29-15-23-30-31-27(32(23)16-18-9-5-4-6-10-18)37-17-19-11-7-8-12-21(19)28/h4-14H,15-17H2,1-3H3,(H,29,33). The first-order chi connectivity index (χ1) is 18.0. The van der Waals surface area contributed by atoms with Gasteiger partial charge >= 0.3 is 0 Å². The van der Waals surface area contributed by atoms with Gasteiger partial charge in [0.1, 0.15) is 0 Å². The number of aromatic nitrogens is 3. The van der Waals surface area contributed by atoms with Crippen LogP contribution in [0.1, 0.15) is 27.3 Å². The Morgan fingerprint density at radius 2 is 1.65 bits per heavy atom. The van der Waals surface area contributed by atoms with Gasteiger partial charge in [-0.15, -0.1) is 10.2 Å². The van der Waals surface area contributed by atoms with E-state index < -0.39 is 0 Å². The zero-order chi connectivity index (χ0) is 26.2. The summed E-state index contributed by atoms with van der Waals surface area (Å²) in [5.74, 6) is 2.04. The van der Waals surface area contributed by atoms with Crippen LogP contribution in [0.3, 0.4) is 0 Å². The third kappa shape index (κ3) is 6.18. The Kier molecular flexibility index (Phi) is 8.92. The highest BCUT2D eigenvalue weighted by molar-refractivity contribution is 7.98. The van der Waals surface area contributed by atoms with E-state index in [1.165, 1.54) is 21.3 Å². The maximum atomic E-state index is 13.1. The lowest BCUT2D eigenvalue weighted by molar-refractivity contribution is 0.0945. The maximum absolute atomic E-state index is 13.1. The summed E-state index contributed by atoms with van der Waals surface area (Å²) in [6, 6.07) is 21.1. The Balaban J connectivity index is 1.56. The molecule has 10 heteroatoms. The molecule has 8 nitrogen and oxygen atoms in total. The molecule has 3 aromatic carbocycles. The molecule has 0 bridgehead atoms. The molecule has 4 aromatic rings. The Labute approximate surface area is 224 Å². The van der Waals surface area contributed by atoms with Gasteiger partial charge in [-0.3, -0.25) is 4.79 Å².